The summed E-state index contributed by atoms with van der Waals surface area (Å²) in [5, 5.41) is 2.95. The Morgan fingerprint density at radius 3 is 2.50 bits per heavy atom. The van der Waals surface area contributed by atoms with Crippen LogP contribution in [0.15, 0.2) is 30.3 Å². The molecule has 0 aliphatic heterocycles. The Hall–Kier alpha value is -1.42. The quantitative estimate of drug-likeness (QED) is 0.776. The number of hydrogen-bond acceptors (Lipinski definition) is 2. The maximum atomic E-state index is 12.2. The summed E-state index contributed by atoms with van der Waals surface area (Å²) in [4.78, 5) is 12.6. The van der Waals surface area contributed by atoms with Gasteiger partial charge in [-0.1, -0.05) is 49.5 Å². The van der Waals surface area contributed by atoms with Gasteiger partial charge in [0.15, 0.2) is 0 Å². The van der Waals surface area contributed by atoms with E-state index in [9.17, 15) is 4.79 Å². The van der Waals surface area contributed by atoms with E-state index in [1.165, 1.54) is 0 Å². The molecule has 0 saturated heterocycles. The second-order valence-corrected chi connectivity index (χ2v) is 4.98. The first-order valence-corrected chi connectivity index (χ1v) is 6.59. The lowest BCUT2D eigenvalue weighted by Crippen LogP contribution is -2.38. The first kappa shape index (κ1) is 14.6. The number of carbonyl (C=O) groups is 1. The van der Waals surface area contributed by atoms with Crippen molar-refractivity contribution in [2.24, 2.45) is 5.73 Å². The molecule has 0 saturated carbocycles. The van der Waals surface area contributed by atoms with Crippen molar-refractivity contribution in [3.8, 4) is 0 Å². The third-order valence-corrected chi connectivity index (χ3v) is 2.99. The Bertz CT molecular complexity index is 406. The lowest BCUT2D eigenvalue weighted by atomic mass is 9.95. The highest BCUT2D eigenvalue weighted by Crippen LogP contribution is 2.19. The van der Waals surface area contributed by atoms with Crippen molar-refractivity contribution >= 4 is 23.1 Å². The van der Waals surface area contributed by atoms with Crippen LogP contribution >= 0.6 is 12.2 Å². The molecule has 98 valence electrons. The Morgan fingerprint density at radius 2 is 2.00 bits per heavy atom. The summed E-state index contributed by atoms with van der Waals surface area (Å²) in [7, 11) is 0. The summed E-state index contributed by atoms with van der Waals surface area (Å²) in [5.74, 6) is -0.0764. The first-order chi connectivity index (χ1) is 8.54. The van der Waals surface area contributed by atoms with Gasteiger partial charge in [-0.15, -0.1) is 0 Å². The molecular formula is C14H20N2OS. The number of hydrogen-bond donors (Lipinski definition) is 2. The van der Waals surface area contributed by atoms with E-state index in [1.54, 1.807) is 0 Å². The van der Waals surface area contributed by atoms with Gasteiger partial charge < -0.3 is 11.1 Å². The largest absolute Gasteiger partial charge is 0.393 e. The number of nitrogens with one attached hydrogen (secondary N) is 1. The third-order valence-electron chi connectivity index (χ3n) is 2.82. The van der Waals surface area contributed by atoms with E-state index in [0.717, 1.165) is 12.0 Å². The molecular weight excluding hydrogens is 244 g/mol. The minimum atomic E-state index is -0.111. The molecule has 0 aromatic heterocycles. The minimum absolute atomic E-state index is 0.0206. The molecule has 2 atom stereocenters. The van der Waals surface area contributed by atoms with E-state index < -0.39 is 0 Å². The Kier molecular flexibility index (Phi) is 5.78. The van der Waals surface area contributed by atoms with Crippen molar-refractivity contribution < 1.29 is 4.79 Å². The van der Waals surface area contributed by atoms with Crippen LogP contribution in [0.5, 0.6) is 0 Å². The van der Waals surface area contributed by atoms with Gasteiger partial charge in [0.05, 0.1) is 10.9 Å². The maximum Gasteiger partial charge on any atom is 0.227 e. The second kappa shape index (κ2) is 7.11. The number of carbonyl (C=O) groups excluding carboxylic acids is 1. The van der Waals surface area contributed by atoms with Crippen LogP contribution in [-0.2, 0) is 4.79 Å². The van der Waals surface area contributed by atoms with Crippen molar-refractivity contribution in [3.63, 3.8) is 0 Å². The van der Waals surface area contributed by atoms with Gasteiger partial charge in [-0.05, 0) is 18.9 Å². The smallest absolute Gasteiger partial charge is 0.227 e. The highest BCUT2D eigenvalue weighted by Gasteiger charge is 2.19. The summed E-state index contributed by atoms with van der Waals surface area (Å²) in [6, 6.07) is 9.78. The molecule has 18 heavy (non-hydrogen) atoms. The minimum Gasteiger partial charge on any atom is -0.393 e. The van der Waals surface area contributed by atoms with Crippen LogP contribution in [0.25, 0.3) is 0 Å². The molecule has 2 unspecified atom stereocenters. The van der Waals surface area contributed by atoms with Gasteiger partial charge in [0.2, 0.25) is 5.91 Å². The van der Waals surface area contributed by atoms with E-state index in [2.05, 4.69) is 5.32 Å². The molecule has 0 radical (unpaired) electrons. The predicted octanol–water partition coefficient (Wildman–Crippen LogP) is 2.36. The maximum absolute atomic E-state index is 12.2. The van der Waals surface area contributed by atoms with Crippen molar-refractivity contribution in [1.82, 2.24) is 5.32 Å². The zero-order chi connectivity index (χ0) is 13.5. The molecule has 1 aromatic rings. The first-order valence-electron chi connectivity index (χ1n) is 6.18. The average Bonchev–Trinajstić information content (AvgIpc) is 2.29. The normalized spacial score (nSPS) is 13.7. The number of nitrogens with two attached hydrogens (primary N) is 1. The van der Waals surface area contributed by atoms with Crippen molar-refractivity contribution in [1.29, 1.82) is 0 Å². The zero-order valence-electron chi connectivity index (χ0n) is 10.8. The molecule has 0 aliphatic carbocycles. The standard InChI is InChI=1S/C14H20N2OS/c1-3-12(11-7-5-4-6-8-11)14(17)16-10(2)9-13(15)18/h4-8,10,12H,3,9H2,1-2H3,(H2,15,18)(H,16,17). The summed E-state index contributed by atoms with van der Waals surface area (Å²) < 4.78 is 0. The molecule has 1 aromatic carbocycles. The summed E-state index contributed by atoms with van der Waals surface area (Å²) >= 11 is 4.84. The topological polar surface area (TPSA) is 55.1 Å². The Labute approximate surface area is 114 Å². The lowest BCUT2D eigenvalue weighted by Gasteiger charge is -2.19. The SMILES string of the molecule is CCC(C(=O)NC(C)CC(N)=S)c1ccccc1. The molecule has 0 heterocycles. The van der Waals surface area contributed by atoms with Crippen LogP contribution in [0.1, 0.15) is 38.2 Å². The number of amides is 1. The zero-order valence-corrected chi connectivity index (χ0v) is 11.7. The molecule has 0 aliphatic rings. The van der Waals surface area contributed by atoms with Gasteiger partial charge in [-0.2, -0.15) is 0 Å². The fourth-order valence-corrected chi connectivity index (χ4v) is 2.20. The van der Waals surface area contributed by atoms with Crippen LogP contribution in [0.3, 0.4) is 0 Å². The molecule has 0 spiro atoms. The summed E-state index contributed by atoms with van der Waals surface area (Å²) in [5.41, 5.74) is 6.51. The predicted molar refractivity (Wildman–Crippen MR) is 78.5 cm³/mol. The van der Waals surface area contributed by atoms with Crippen LogP contribution < -0.4 is 11.1 Å². The number of thiocarbonyl (C=S) groups is 1. The van der Waals surface area contributed by atoms with E-state index in [-0.39, 0.29) is 17.9 Å². The van der Waals surface area contributed by atoms with Gasteiger partial charge in [0, 0.05) is 12.5 Å². The highest BCUT2D eigenvalue weighted by molar-refractivity contribution is 7.80. The monoisotopic (exact) mass is 264 g/mol. The Morgan fingerprint density at radius 1 is 1.39 bits per heavy atom. The van der Waals surface area contributed by atoms with Crippen LogP contribution in [0, 0.1) is 0 Å². The van der Waals surface area contributed by atoms with Gasteiger partial charge in [-0.3, -0.25) is 4.79 Å². The number of rotatable bonds is 6. The van der Waals surface area contributed by atoms with Crippen molar-refractivity contribution in [3.05, 3.63) is 35.9 Å². The van der Waals surface area contributed by atoms with Gasteiger partial charge in [0.1, 0.15) is 0 Å². The van der Waals surface area contributed by atoms with E-state index in [4.69, 9.17) is 18.0 Å². The van der Waals surface area contributed by atoms with E-state index >= 15 is 0 Å². The Balaban J connectivity index is 2.66. The average molecular weight is 264 g/mol. The van der Waals surface area contributed by atoms with Crippen molar-refractivity contribution in [2.75, 3.05) is 0 Å². The van der Waals surface area contributed by atoms with Gasteiger partial charge in [0.25, 0.3) is 0 Å². The van der Waals surface area contributed by atoms with Crippen molar-refractivity contribution in [2.45, 2.75) is 38.6 Å². The lowest BCUT2D eigenvalue weighted by molar-refractivity contribution is -0.123. The molecule has 0 bridgehead atoms. The fourth-order valence-electron chi connectivity index (χ4n) is 1.95. The second-order valence-electron chi connectivity index (χ2n) is 4.45. The highest BCUT2D eigenvalue weighted by atomic mass is 32.1. The summed E-state index contributed by atoms with van der Waals surface area (Å²) in [6.45, 7) is 3.92. The van der Waals surface area contributed by atoms with Crippen LogP contribution in [-0.4, -0.2) is 16.9 Å². The summed E-state index contributed by atoms with van der Waals surface area (Å²) in [6.07, 6.45) is 1.31. The van der Waals surface area contributed by atoms with Crippen LogP contribution in [0.2, 0.25) is 0 Å². The molecule has 1 rings (SSSR count). The van der Waals surface area contributed by atoms with Crippen LogP contribution in [0.4, 0.5) is 0 Å². The molecule has 3 nitrogen and oxygen atoms in total. The van der Waals surface area contributed by atoms with E-state index in [1.807, 2.05) is 44.2 Å². The molecule has 4 heteroatoms. The fraction of sp³-hybridized carbons (Fsp3) is 0.429. The van der Waals surface area contributed by atoms with E-state index in [0.29, 0.717) is 11.4 Å². The van der Waals surface area contributed by atoms with Gasteiger partial charge >= 0.3 is 0 Å². The molecule has 1 amide bonds. The number of benzene rings is 1. The van der Waals surface area contributed by atoms with Gasteiger partial charge in [-0.25, -0.2) is 0 Å². The third kappa shape index (κ3) is 4.45. The molecule has 0 fully saturated rings. The molecule has 3 N–H and O–H groups in total.